The Bertz CT molecular complexity index is 1730. The van der Waals surface area contributed by atoms with E-state index < -0.39 is 0 Å². The third-order valence-corrected chi connectivity index (χ3v) is 8.45. The summed E-state index contributed by atoms with van der Waals surface area (Å²) in [6, 6.07) is 28.1. The molecule has 4 aromatic carbocycles. The number of hydrogen-bond acceptors (Lipinski definition) is 3. The number of nitrogens with zero attached hydrogens (tertiary/aromatic N) is 1. The first-order valence-electron chi connectivity index (χ1n) is 14.3. The highest BCUT2D eigenvalue weighted by molar-refractivity contribution is 6.00. The topological polar surface area (TPSA) is 57.4 Å². The first kappa shape index (κ1) is 25.4. The molecule has 0 saturated heterocycles. The zero-order valence-corrected chi connectivity index (χ0v) is 22.8. The van der Waals surface area contributed by atoms with Crippen LogP contribution in [0.15, 0.2) is 91.1 Å². The SMILES string of the molecule is O=C1NCc2ccc3c(c21)CC(N(CCCc1c[nH]c2ccc(F)cc12)c1ccccc1Cc1ccccc1)CO3. The molecule has 0 radical (unpaired) electrons. The summed E-state index contributed by atoms with van der Waals surface area (Å²) in [6.45, 7) is 1.92. The smallest absolute Gasteiger partial charge is 0.252 e. The van der Waals surface area contributed by atoms with Crippen LogP contribution in [0.4, 0.5) is 10.1 Å². The van der Waals surface area contributed by atoms with E-state index in [2.05, 4.69) is 63.7 Å². The molecule has 7 rings (SSSR count). The molecule has 2 aliphatic rings. The molecule has 6 heteroatoms. The highest BCUT2D eigenvalue weighted by atomic mass is 19.1. The molecule has 206 valence electrons. The van der Waals surface area contributed by atoms with Gasteiger partial charge in [0.2, 0.25) is 0 Å². The van der Waals surface area contributed by atoms with Gasteiger partial charge < -0.3 is 19.9 Å². The zero-order chi connectivity index (χ0) is 27.8. The number of benzene rings is 4. The van der Waals surface area contributed by atoms with E-state index >= 15 is 0 Å². The maximum absolute atomic E-state index is 14.0. The monoisotopic (exact) mass is 545 g/mol. The van der Waals surface area contributed by atoms with E-state index in [-0.39, 0.29) is 17.8 Å². The number of aromatic amines is 1. The Morgan fingerprint density at radius 2 is 1.80 bits per heavy atom. The lowest BCUT2D eigenvalue weighted by atomic mass is 9.92. The summed E-state index contributed by atoms with van der Waals surface area (Å²) in [5.41, 5.74) is 8.62. The van der Waals surface area contributed by atoms with E-state index in [4.69, 9.17) is 4.74 Å². The van der Waals surface area contributed by atoms with Crippen LogP contribution in [0.2, 0.25) is 0 Å². The van der Waals surface area contributed by atoms with E-state index in [1.807, 2.05) is 24.4 Å². The summed E-state index contributed by atoms with van der Waals surface area (Å²) < 4.78 is 20.3. The Kier molecular flexibility index (Phi) is 6.67. The van der Waals surface area contributed by atoms with E-state index in [1.165, 1.54) is 22.9 Å². The summed E-state index contributed by atoms with van der Waals surface area (Å²) in [7, 11) is 0. The number of fused-ring (bicyclic) bond motifs is 4. The number of rotatable bonds is 8. The Morgan fingerprint density at radius 3 is 2.71 bits per heavy atom. The first-order valence-corrected chi connectivity index (χ1v) is 14.3. The lowest BCUT2D eigenvalue weighted by Crippen LogP contribution is -2.45. The van der Waals surface area contributed by atoms with Crippen molar-refractivity contribution in [2.45, 2.75) is 38.3 Å². The number of aromatic nitrogens is 1. The van der Waals surface area contributed by atoms with Crippen LogP contribution in [0.25, 0.3) is 10.9 Å². The molecule has 41 heavy (non-hydrogen) atoms. The van der Waals surface area contributed by atoms with Crippen LogP contribution in [0.1, 0.15) is 44.6 Å². The second-order valence-corrected chi connectivity index (χ2v) is 11.0. The van der Waals surface area contributed by atoms with Crippen molar-refractivity contribution < 1.29 is 13.9 Å². The Hall–Kier alpha value is -4.58. The Balaban J connectivity index is 1.21. The number of anilines is 1. The van der Waals surface area contributed by atoms with Crippen molar-refractivity contribution in [3.8, 4) is 5.75 Å². The van der Waals surface area contributed by atoms with Crippen molar-refractivity contribution in [3.05, 3.63) is 130 Å². The largest absolute Gasteiger partial charge is 0.491 e. The van der Waals surface area contributed by atoms with Crippen LogP contribution in [0, 0.1) is 5.82 Å². The van der Waals surface area contributed by atoms with Crippen LogP contribution in [0.3, 0.4) is 0 Å². The Morgan fingerprint density at radius 1 is 0.951 bits per heavy atom. The van der Waals surface area contributed by atoms with Gasteiger partial charge in [-0.05, 0) is 71.8 Å². The minimum absolute atomic E-state index is 0.0105. The van der Waals surface area contributed by atoms with E-state index in [0.717, 1.165) is 71.1 Å². The maximum atomic E-state index is 14.0. The summed E-state index contributed by atoms with van der Waals surface area (Å²) in [4.78, 5) is 18.5. The number of H-pyrrole nitrogens is 1. The molecule has 3 heterocycles. The van der Waals surface area contributed by atoms with Crippen molar-refractivity contribution in [1.82, 2.24) is 10.3 Å². The lowest BCUT2D eigenvalue weighted by Gasteiger charge is -2.38. The molecular formula is C35H32FN3O2. The lowest BCUT2D eigenvalue weighted by molar-refractivity contribution is 0.0963. The summed E-state index contributed by atoms with van der Waals surface area (Å²) in [6.07, 6.45) is 5.28. The van der Waals surface area contributed by atoms with Crippen molar-refractivity contribution in [2.75, 3.05) is 18.1 Å². The van der Waals surface area contributed by atoms with Crippen LogP contribution in [-0.4, -0.2) is 30.1 Å². The average molecular weight is 546 g/mol. The van der Waals surface area contributed by atoms with Crippen LogP contribution in [0.5, 0.6) is 5.75 Å². The molecule has 2 aliphatic heterocycles. The third-order valence-electron chi connectivity index (χ3n) is 8.45. The van der Waals surface area contributed by atoms with Gasteiger partial charge >= 0.3 is 0 Å². The van der Waals surface area contributed by atoms with Crippen molar-refractivity contribution in [1.29, 1.82) is 0 Å². The molecule has 1 atom stereocenters. The molecule has 0 spiro atoms. The third kappa shape index (κ3) is 4.95. The van der Waals surface area contributed by atoms with Crippen LogP contribution < -0.4 is 15.0 Å². The van der Waals surface area contributed by atoms with Gasteiger partial charge in [0.05, 0.1) is 11.6 Å². The second kappa shape index (κ2) is 10.8. The number of carbonyl (C=O) groups is 1. The van der Waals surface area contributed by atoms with Gasteiger partial charge in [-0.2, -0.15) is 0 Å². The molecule has 5 aromatic rings. The summed E-state index contributed by atoms with van der Waals surface area (Å²) >= 11 is 0. The minimum Gasteiger partial charge on any atom is -0.491 e. The molecule has 0 aliphatic carbocycles. The molecule has 1 amide bonds. The number of aryl methyl sites for hydroxylation is 1. The van der Waals surface area contributed by atoms with Crippen LogP contribution >= 0.6 is 0 Å². The van der Waals surface area contributed by atoms with Gasteiger partial charge in [0.1, 0.15) is 18.2 Å². The van der Waals surface area contributed by atoms with Gasteiger partial charge in [0.15, 0.2) is 0 Å². The quantitative estimate of drug-likeness (QED) is 0.232. The molecule has 1 aromatic heterocycles. The maximum Gasteiger partial charge on any atom is 0.252 e. The fraction of sp³-hybridized carbons (Fsp3) is 0.229. The molecule has 1 unspecified atom stereocenters. The van der Waals surface area contributed by atoms with E-state index in [1.54, 1.807) is 12.1 Å². The van der Waals surface area contributed by atoms with Gasteiger partial charge in [0, 0.05) is 47.9 Å². The van der Waals surface area contributed by atoms with Gasteiger partial charge in [-0.15, -0.1) is 0 Å². The van der Waals surface area contributed by atoms with Crippen molar-refractivity contribution in [2.24, 2.45) is 0 Å². The van der Waals surface area contributed by atoms with Crippen LogP contribution in [-0.2, 0) is 25.8 Å². The first-order chi connectivity index (χ1) is 20.1. The fourth-order valence-electron chi connectivity index (χ4n) is 6.44. The highest BCUT2D eigenvalue weighted by Crippen LogP contribution is 2.36. The van der Waals surface area contributed by atoms with E-state index in [0.29, 0.717) is 13.2 Å². The number of ether oxygens (including phenoxy) is 1. The molecule has 0 fully saturated rings. The number of amides is 1. The standard InChI is InChI=1S/C35H32FN3O2/c36-27-13-14-31-29(18-27)25(20-37-31)10-6-16-39(32-11-5-4-9-24(32)17-23-7-2-1-3-8-23)28-19-30-33(41-22-28)15-12-26-21-38-35(40)34(26)30/h1-5,7-9,11-15,18,20,28,37H,6,10,16-17,19,21-22H2,(H,38,40). The highest BCUT2D eigenvalue weighted by Gasteiger charge is 2.33. The summed E-state index contributed by atoms with van der Waals surface area (Å²) in [5, 5.41) is 3.92. The van der Waals surface area contributed by atoms with Gasteiger partial charge in [-0.3, -0.25) is 4.79 Å². The molecule has 0 bridgehead atoms. The minimum atomic E-state index is -0.218. The number of carbonyl (C=O) groups excluding carboxylic acids is 1. The van der Waals surface area contributed by atoms with E-state index in [9.17, 15) is 9.18 Å². The predicted molar refractivity (Wildman–Crippen MR) is 160 cm³/mol. The molecule has 2 N–H and O–H groups in total. The van der Waals surface area contributed by atoms with Crippen molar-refractivity contribution >= 4 is 22.5 Å². The Labute approximate surface area is 239 Å². The fourth-order valence-corrected chi connectivity index (χ4v) is 6.44. The molecule has 0 saturated carbocycles. The molecular weight excluding hydrogens is 513 g/mol. The number of nitrogens with one attached hydrogen (secondary N) is 2. The predicted octanol–water partition coefficient (Wildman–Crippen LogP) is 6.58. The van der Waals surface area contributed by atoms with Gasteiger partial charge in [-0.1, -0.05) is 54.6 Å². The number of halogens is 1. The number of para-hydroxylation sites is 1. The second-order valence-electron chi connectivity index (χ2n) is 11.0. The average Bonchev–Trinajstić information content (AvgIpc) is 3.59. The normalized spacial score (nSPS) is 15.7. The van der Waals surface area contributed by atoms with Crippen molar-refractivity contribution in [3.63, 3.8) is 0 Å². The summed E-state index contributed by atoms with van der Waals surface area (Å²) in [5.74, 6) is 0.587. The van der Waals surface area contributed by atoms with Gasteiger partial charge in [0.25, 0.3) is 5.91 Å². The zero-order valence-electron chi connectivity index (χ0n) is 22.8. The van der Waals surface area contributed by atoms with Gasteiger partial charge in [-0.25, -0.2) is 4.39 Å². The number of hydrogen-bond donors (Lipinski definition) is 2. The molecule has 5 nitrogen and oxygen atoms in total.